The van der Waals surface area contributed by atoms with E-state index in [4.69, 9.17) is 15.6 Å². The van der Waals surface area contributed by atoms with Crippen LogP contribution in [0.2, 0.25) is 0 Å². The Hall–Kier alpha value is -1.75. The number of hydrogen-bond acceptors (Lipinski definition) is 4. The summed E-state index contributed by atoms with van der Waals surface area (Å²) in [6.07, 6.45) is 1.99. The highest BCUT2D eigenvalue weighted by Gasteiger charge is 2.08. The zero-order chi connectivity index (χ0) is 14.8. The maximum Gasteiger partial charge on any atom is 0.223 e. The maximum absolute atomic E-state index is 11.6. The fourth-order valence-electron chi connectivity index (χ4n) is 1.81. The first-order chi connectivity index (χ1) is 9.65. The Morgan fingerprint density at radius 3 is 2.70 bits per heavy atom. The molecule has 0 radical (unpaired) electrons. The number of anilines is 1. The summed E-state index contributed by atoms with van der Waals surface area (Å²) in [6.45, 7) is 3.16. The van der Waals surface area contributed by atoms with E-state index in [1.807, 2.05) is 0 Å². The van der Waals surface area contributed by atoms with Gasteiger partial charge in [0.2, 0.25) is 5.91 Å². The Morgan fingerprint density at radius 1 is 1.40 bits per heavy atom. The number of nitrogens with one attached hydrogen (secondary N) is 1. The van der Waals surface area contributed by atoms with Gasteiger partial charge < -0.3 is 20.9 Å². The molecule has 112 valence electrons. The van der Waals surface area contributed by atoms with Crippen LogP contribution in [0.25, 0.3) is 0 Å². The highest BCUT2D eigenvalue weighted by Crippen LogP contribution is 2.13. The van der Waals surface area contributed by atoms with Gasteiger partial charge in [-0.2, -0.15) is 0 Å². The zero-order valence-electron chi connectivity index (χ0n) is 12.0. The first-order valence-corrected chi connectivity index (χ1v) is 7.01. The van der Waals surface area contributed by atoms with Crippen LogP contribution in [0.4, 0.5) is 5.69 Å². The number of benzene rings is 1. The van der Waals surface area contributed by atoms with Crippen LogP contribution in [0.1, 0.15) is 26.2 Å². The Labute approximate surface area is 120 Å². The van der Waals surface area contributed by atoms with Gasteiger partial charge in [-0.15, -0.1) is 0 Å². The van der Waals surface area contributed by atoms with Gasteiger partial charge in [0, 0.05) is 18.8 Å². The molecule has 0 saturated heterocycles. The van der Waals surface area contributed by atoms with Crippen molar-refractivity contribution in [3.63, 3.8) is 0 Å². The van der Waals surface area contributed by atoms with Gasteiger partial charge in [0.15, 0.2) is 0 Å². The average molecular weight is 280 g/mol. The maximum atomic E-state index is 11.6. The number of aliphatic hydroxyl groups excluding tert-OH is 1. The molecule has 0 fully saturated rings. The van der Waals surface area contributed by atoms with Gasteiger partial charge in [-0.1, -0.05) is 13.3 Å². The number of nitrogens with two attached hydrogens (primary N) is 1. The summed E-state index contributed by atoms with van der Waals surface area (Å²) in [5, 5.41) is 11.7. The first kappa shape index (κ1) is 16.3. The highest BCUT2D eigenvalue weighted by molar-refractivity contribution is 5.75. The normalized spacial score (nSPS) is 11.9. The number of aliphatic hydroxyl groups is 1. The van der Waals surface area contributed by atoms with Crippen molar-refractivity contribution in [2.45, 2.75) is 26.2 Å². The van der Waals surface area contributed by atoms with E-state index in [2.05, 4.69) is 12.2 Å². The highest BCUT2D eigenvalue weighted by atomic mass is 16.5. The molecule has 0 bridgehead atoms. The molecule has 0 aromatic heterocycles. The van der Waals surface area contributed by atoms with Crippen molar-refractivity contribution in [2.24, 2.45) is 5.92 Å². The smallest absolute Gasteiger partial charge is 0.223 e. The molecule has 0 aliphatic rings. The summed E-state index contributed by atoms with van der Waals surface area (Å²) in [6, 6.07) is 7.08. The SMILES string of the molecule is CCC(CCO)CNC(=O)CCOc1ccc(N)cc1. The van der Waals surface area contributed by atoms with E-state index in [-0.39, 0.29) is 12.5 Å². The van der Waals surface area contributed by atoms with E-state index in [1.165, 1.54) is 0 Å². The minimum Gasteiger partial charge on any atom is -0.493 e. The molecule has 1 aromatic rings. The minimum absolute atomic E-state index is 0.0307. The van der Waals surface area contributed by atoms with E-state index in [0.29, 0.717) is 36.9 Å². The molecule has 0 aliphatic heterocycles. The molecular formula is C15H24N2O3. The molecule has 1 rings (SSSR count). The number of ether oxygens (including phenoxy) is 1. The van der Waals surface area contributed by atoms with Crippen molar-refractivity contribution < 1.29 is 14.6 Å². The van der Waals surface area contributed by atoms with Crippen LogP contribution >= 0.6 is 0 Å². The molecule has 4 N–H and O–H groups in total. The summed E-state index contributed by atoms with van der Waals surface area (Å²) < 4.78 is 5.46. The van der Waals surface area contributed by atoms with Crippen molar-refractivity contribution in [1.29, 1.82) is 0 Å². The van der Waals surface area contributed by atoms with Gasteiger partial charge in [0.1, 0.15) is 5.75 Å². The fraction of sp³-hybridized carbons (Fsp3) is 0.533. The lowest BCUT2D eigenvalue weighted by Gasteiger charge is -2.14. The second-order valence-electron chi connectivity index (χ2n) is 4.76. The molecule has 5 nitrogen and oxygen atoms in total. The fourth-order valence-corrected chi connectivity index (χ4v) is 1.81. The van der Waals surface area contributed by atoms with E-state index >= 15 is 0 Å². The number of amides is 1. The molecule has 0 spiro atoms. The summed E-state index contributed by atoms with van der Waals surface area (Å²) in [5.41, 5.74) is 6.26. The lowest BCUT2D eigenvalue weighted by Crippen LogP contribution is -2.30. The third kappa shape index (κ3) is 6.43. The molecule has 0 aliphatic carbocycles. The lowest BCUT2D eigenvalue weighted by atomic mass is 10.0. The molecule has 20 heavy (non-hydrogen) atoms. The predicted molar refractivity (Wildman–Crippen MR) is 79.5 cm³/mol. The summed E-state index contributed by atoms with van der Waals surface area (Å²) in [4.78, 5) is 11.6. The Bertz CT molecular complexity index is 393. The van der Waals surface area contributed by atoms with Crippen LogP contribution in [0, 0.1) is 5.92 Å². The van der Waals surface area contributed by atoms with Gasteiger partial charge in [-0.05, 0) is 36.6 Å². The molecular weight excluding hydrogens is 256 g/mol. The lowest BCUT2D eigenvalue weighted by molar-refractivity contribution is -0.121. The average Bonchev–Trinajstić information content (AvgIpc) is 2.45. The molecule has 1 amide bonds. The summed E-state index contributed by atoms with van der Waals surface area (Å²) in [5.74, 6) is 1.01. The van der Waals surface area contributed by atoms with Crippen LogP contribution < -0.4 is 15.8 Å². The van der Waals surface area contributed by atoms with E-state index < -0.39 is 0 Å². The zero-order valence-corrected chi connectivity index (χ0v) is 12.0. The number of carbonyl (C=O) groups is 1. The third-order valence-corrected chi connectivity index (χ3v) is 3.18. The molecule has 1 unspecified atom stereocenters. The minimum atomic E-state index is -0.0307. The van der Waals surface area contributed by atoms with Crippen molar-refractivity contribution >= 4 is 11.6 Å². The molecule has 0 heterocycles. The summed E-state index contributed by atoms with van der Waals surface area (Å²) >= 11 is 0. The number of carbonyl (C=O) groups excluding carboxylic acids is 1. The van der Waals surface area contributed by atoms with Crippen LogP contribution in [0.5, 0.6) is 5.75 Å². The quantitative estimate of drug-likeness (QED) is 0.599. The number of rotatable bonds is 9. The van der Waals surface area contributed by atoms with Crippen LogP contribution in [0.15, 0.2) is 24.3 Å². The topological polar surface area (TPSA) is 84.6 Å². The van der Waals surface area contributed by atoms with Crippen LogP contribution in [-0.2, 0) is 4.79 Å². The monoisotopic (exact) mass is 280 g/mol. The molecule has 5 heteroatoms. The van der Waals surface area contributed by atoms with Crippen molar-refractivity contribution in [3.8, 4) is 5.75 Å². The standard InChI is InChI=1S/C15H24N2O3/c1-2-12(7-9-18)11-17-15(19)8-10-20-14-5-3-13(16)4-6-14/h3-6,12,18H,2,7-11,16H2,1H3,(H,17,19). The van der Waals surface area contributed by atoms with Crippen molar-refractivity contribution in [1.82, 2.24) is 5.32 Å². The second-order valence-corrected chi connectivity index (χ2v) is 4.76. The second kappa shape index (κ2) is 9.20. The van der Waals surface area contributed by atoms with Crippen LogP contribution in [0.3, 0.4) is 0 Å². The number of hydrogen-bond donors (Lipinski definition) is 3. The van der Waals surface area contributed by atoms with Crippen molar-refractivity contribution in [2.75, 3.05) is 25.5 Å². The largest absolute Gasteiger partial charge is 0.493 e. The Balaban J connectivity index is 2.18. The first-order valence-electron chi connectivity index (χ1n) is 7.01. The van der Waals surface area contributed by atoms with Crippen LogP contribution in [-0.4, -0.2) is 30.8 Å². The molecule has 1 aromatic carbocycles. The Kier molecular flexibility index (Phi) is 7.50. The predicted octanol–water partition coefficient (Wildman–Crippen LogP) is 1.56. The number of nitrogen functional groups attached to an aromatic ring is 1. The molecule has 1 atom stereocenters. The van der Waals surface area contributed by atoms with Gasteiger partial charge in [0.05, 0.1) is 13.0 Å². The van der Waals surface area contributed by atoms with E-state index in [0.717, 1.165) is 12.8 Å². The van der Waals surface area contributed by atoms with Gasteiger partial charge in [0.25, 0.3) is 0 Å². The van der Waals surface area contributed by atoms with Crippen molar-refractivity contribution in [3.05, 3.63) is 24.3 Å². The third-order valence-electron chi connectivity index (χ3n) is 3.18. The van der Waals surface area contributed by atoms with Gasteiger partial charge in [-0.25, -0.2) is 0 Å². The van der Waals surface area contributed by atoms with Gasteiger partial charge in [-0.3, -0.25) is 4.79 Å². The van der Waals surface area contributed by atoms with E-state index in [1.54, 1.807) is 24.3 Å². The summed E-state index contributed by atoms with van der Waals surface area (Å²) in [7, 11) is 0. The Morgan fingerprint density at radius 2 is 2.10 bits per heavy atom. The van der Waals surface area contributed by atoms with E-state index in [9.17, 15) is 4.79 Å². The van der Waals surface area contributed by atoms with Gasteiger partial charge >= 0.3 is 0 Å². The molecule has 0 saturated carbocycles.